The van der Waals surface area contributed by atoms with Crippen molar-refractivity contribution in [3.8, 4) is 11.3 Å². The van der Waals surface area contributed by atoms with Crippen molar-refractivity contribution in [3.63, 3.8) is 0 Å². The van der Waals surface area contributed by atoms with E-state index in [0.29, 0.717) is 28.8 Å². The van der Waals surface area contributed by atoms with Crippen molar-refractivity contribution in [1.29, 1.82) is 0 Å². The number of pyridine rings is 1. The van der Waals surface area contributed by atoms with E-state index in [1.807, 2.05) is 43.7 Å². The number of fused-ring (bicyclic) bond motifs is 1. The molecule has 1 aliphatic heterocycles. The van der Waals surface area contributed by atoms with Gasteiger partial charge in [0.1, 0.15) is 22.9 Å². The first-order valence-corrected chi connectivity index (χ1v) is 13.1. The molecule has 202 valence electrons. The highest BCUT2D eigenvalue weighted by atomic mass is 19.1. The van der Waals surface area contributed by atoms with Gasteiger partial charge < -0.3 is 9.88 Å². The SMILES string of the molecule is Cc1nc2c(F)cc(-c3nc(Nc4ccc(CN5CCN(C(C)C)CC5)cn4)ncc3F)cc2n1C(C)C.[HH]. The zero-order chi connectivity index (χ0) is 27.0. The van der Waals surface area contributed by atoms with E-state index in [1.165, 1.54) is 6.07 Å². The predicted octanol–water partition coefficient (Wildman–Crippen LogP) is 5.57. The molecule has 8 nitrogen and oxygen atoms in total. The maximum atomic E-state index is 15.0. The number of hydrogen-bond donors (Lipinski definition) is 1. The second kappa shape index (κ2) is 10.7. The summed E-state index contributed by atoms with van der Waals surface area (Å²) in [6.07, 6.45) is 2.92. The summed E-state index contributed by atoms with van der Waals surface area (Å²) in [5.41, 5.74) is 2.31. The zero-order valence-corrected chi connectivity index (χ0v) is 22.5. The van der Waals surface area contributed by atoms with Crippen LogP contribution in [0.5, 0.6) is 0 Å². The molecule has 1 fully saturated rings. The number of imidazole rings is 1. The third-order valence-corrected chi connectivity index (χ3v) is 7.07. The van der Waals surface area contributed by atoms with E-state index in [9.17, 15) is 8.78 Å². The average Bonchev–Trinajstić information content (AvgIpc) is 3.23. The van der Waals surface area contributed by atoms with Crippen molar-refractivity contribution in [3.05, 3.63) is 59.7 Å². The van der Waals surface area contributed by atoms with Gasteiger partial charge in [-0.05, 0) is 58.4 Å². The minimum Gasteiger partial charge on any atom is -0.326 e. The molecule has 1 aliphatic rings. The minimum absolute atomic E-state index is 0. The van der Waals surface area contributed by atoms with Crippen molar-refractivity contribution in [1.82, 2.24) is 34.3 Å². The fourth-order valence-electron chi connectivity index (χ4n) is 5.09. The highest BCUT2D eigenvalue weighted by Crippen LogP contribution is 2.30. The number of nitrogens with zero attached hydrogens (tertiary/aromatic N) is 7. The quantitative estimate of drug-likeness (QED) is 0.340. The smallest absolute Gasteiger partial charge is 0.229 e. The van der Waals surface area contributed by atoms with E-state index in [1.54, 1.807) is 6.07 Å². The summed E-state index contributed by atoms with van der Waals surface area (Å²) >= 11 is 0. The Hall–Kier alpha value is -3.50. The lowest BCUT2D eigenvalue weighted by Gasteiger charge is -2.36. The number of anilines is 2. The fraction of sp³-hybridized carbons (Fsp3) is 0.429. The van der Waals surface area contributed by atoms with E-state index >= 15 is 0 Å². The van der Waals surface area contributed by atoms with Crippen LogP contribution >= 0.6 is 0 Å². The summed E-state index contributed by atoms with van der Waals surface area (Å²) in [5, 5.41) is 3.04. The average molecular weight is 523 g/mol. The molecule has 0 saturated carbocycles. The van der Waals surface area contributed by atoms with Crippen molar-refractivity contribution in [2.45, 2.75) is 53.2 Å². The molecule has 0 amide bonds. The third-order valence-electron chi connectivity index (χ3n) is 7.07. The Morgan fingerprint density at radius 2 is 1.68 bits per heavy atom. The number of benzene rings is 1. The second-order valence-corrected chi connectivity index (χ2v) is 10.4. The number of aryl methyl sites for hydroxylation is 1. The van der Waals surface area contributed by atoms with Crippen molar-refractivity contribution in [2.75, 3.05) is 31.5 Å². The molecule has 3 aromatic heterocycles. The number of nitrogens with one attached hydrogen (secondary N) is 1. The summed E-state index contributed by atoms with van der Waals surface area (Å²) in [7, 11) is 0. The summed E-state index contributed by atoms with van der Waals surface area (Å²) in [6.45, 7) is 15.4. The van der Waals surface area contributed by atoms with Crippen molar-refractivity contribution < 1.29 is 10.2 Å². The Balaban J connectivity index is 0.00000353. The Morgan fingerprint density at radius 3 is 2.34 bits per heavy atom. The van der Waals surface area contributed by atoms with Gasteiger partial charge in [0.25, 0.3) is 0 Å². The number of aromatic nitrogens is 5. The van der Waals surface area contributed by atoms with Gasteiger partial charge in [-0.25, -0.2) is 28.7 Å². The van der Waals surface area contributed by atoms with Crippen molar-refractivity contribution in [2.24, 2.45) is 0 Å². The highest BCUT2D eigenvalue weighted by Gasteiger charge is 2.20. The molecule has 0 atom stereocenters. The van der Waals surface area contributed by atoms with E-state index in [-0.39, 0.29) is 24.6 Å². The van der Waals surface area contributed by atoms with Crippen LogP contribution in [-0.2, 0) is 6.54 Å². The molecule has 1 saturated heterocycles. The normalized spacial score (nSPS) is 15.2. The lowest BCUT2D eigenvalue weighted by atomic mass is 10.1. The lowest BCUT2D eigenvalue weighted by molar-refractivity contribution is 0.104. The van der Waals surface area contributed by atoms with Gasteiger partial charge in [-0.3, -0.25) is 9.80 Å². The Kier molecular flexibility index (Phi) is 7.36. The fourth-order valence-corrected chi connectivity index (χ4v) is 5.09. The summed E-state index contributed by atoms with van der Waals surface area (Å²) in [5.74, 6) is 0.272. The maximum Gasteiger partial charge on any atom is 0.229 e. The molecule has 0 spiro atoms. The monoisotopic (exact) mass is 522 g/mol. The van der Waals surface area contributed by atoms with Crippen LogP contribution < -0.4 is 5.32 Å². The van der Waals surface area contributed by atoms with Crippen LogP contribution in [0.15, 0.2) is 36.7 Å². The van der Waals surface area contributed by atoms with E-state index in [0.717, 1.165) is 44.5 Å². The van der Waals surface area contributed by atoms with Gasteiger partial charge in [-0.15, -0.1) is 0 Å². The maximum absolute atomic E-state index is 15.0. The van der Waals surface area contributed by atoms with Gasteiger partial charge in [0.15, 0.2) is 11.6 Å². The molecule has 0 radical (unpaired) electrons. The first-order chi connectivity index (χ1) is 18.2. The molecular weight excluding hydrogens is 486 g/mol. The third kappa shape index (κ3) is 5.37. The number of hydrogen-bond acceptors (Lipinski definition) is 7. The summed E-state index contributed by atoms with van der Waals surface area (Å²) < 4.78 is 31.7. The van der Waals surface area contributed by atoms with Gasteiger partial charge in [-0.1, -0.05) is 6.07 Å². The molecule has 0 aliphatic carbocycles. The molecule has 1 N–H and O–H groups in total. The Morgan fingerprint density at radius 1 is 0.921 bits per heavy atom. The van der Waals surface area contributed by atoms with Gasteiger partial charge >= 0.3 is 0 Å². The molecule has 5 rings (SSSR count). The number of halogens is 2. The van der Waals surface area contributed by atoms with Crippen LogP contribution in [0.25, 0.3) is 22.3 Å². The van der Waals surface area contributed by atoms with Crippen molar-refractivity contribution >= 4 is 22.8 Å². The molecule has 0 unspecified atom stereocenters. The van der Waals surface area contributed by atoms with Crippen LogP contribution in [0.3, 0.4) is 0 Å². The standard InChI is InChI=1S/C28H34F2N8.H2/c1-17(2)37-10-8-36(9-11-37)16-20-6-7-25(31-14-20)34-28-32-15-23(30)26(35-28)21-12-22(29)27-24(13-21)38(18(3)4)19(5)33-27;/h6-7,12-15,17-18H,8-11,16H2,1-5H3,(H,31,32,34,35);1H. The first kappa shape index (κ1) is 26.1. The van der Waals surface area contributed by atoms with E-state index in [2.05, 4.69) is 48.9 Å². The largest absolute Gasteiger partial charge is 0.326 e. The molecule has 4 aromatic rings. The highest BCUT2D eigenvalue weighted by molar-refractivity contribution is 5.83. The van der Waals surface area contributed by atoms with Crippen LogP contribution in [0.4, 0.5) is 20.5 Å². The van der Waals surface area contributed by atoms with E-state index < -0.39 is 11.6 Å². The predicted molar refractivity (Wildman–Crippen MR) is 147 cm³/mol. The van der Waals surface area contributed by atoms with Crippen LogP contribution in [-0.4, -0.2) is 66.5 Å². The molecular formula is C28H36F2N8. The molecule has 1 aromatic carbocycles. The minimum atomic E-state index is -0.637. The molecule has 10 heteroatoms. The van der Waals surface area contributed by atoms with Gasteiger partial charge in [0, 0.05) is 58.0 Å². The van der Waals surface area contributed by atoms with Gasteiger partial charge in [0.05, 0.1) is 11.7 Å². The zero-order valence-electron chi connectivity index (χ0n) is 22.5. The van der Waals surface area contributed by atoms with Gasteiger partial charge in [-0.2, -0.15) is 0 Å². The van der Waals surface area contributed by atoms with Crippen LogP contribution in [0.2, 0.25) is 0 Å². The number of rotatable bonds is 7. The summed E-state index contributed by atoms with van der Waals surface area (Å²) in [6, 6.07) is 7.52. The Bertz CT molecular complexity index is 1430. The van der Waals surface area contributed by atoms with Gasteiger partial charge in [0.2, 0.25) is 5.95 Å². The second-order valence-electron chi connectivity index (χ2n) is 10.4. The topological polar surface area (TPSA) is 75.0 Å². The summed E-state index contributed by atoms with van der Waals surface area (Å²) in [4.78, 5) is 22.2. The van der Waals surface area contributed by atoms with E-state index in [4.69, 9.17) is 0 Å². The number of piperazine rings is 1. The molecule has 4 heterocycles. The first-order valence-electron chi connectivity index (χ1n) is 13.1. The van der Waals surface area contributed by atoms with Crippen LogP contribution in [0.1, 0.15) is 46.6 Å². The lowest BCUT2D eigenvalue weighted by Crippen LogP contribution is -2.48. The Labute approximate surface area is 223 Å². The molecule has 0 bridgehead atoms. The molecule has 38 heavy (non-hydrogen) atoms. The van der Waals surface area contributed by atoms with Crippen LogP contribution in [0, 0.1) is 18.6 Å².